The van der Waals surface area contributed by atoms with Crippen molar-refractivity contribution in [3.8, 4) is 22.5 Å². The molecule has 6 aromatic rings. The fourth-order valence-corrected chi connectivity index (χ4v) is 5.25. The number of fused-ring (bicyclic) bond motifs is 2. The Morgan fingerprint density at radius 3 is 0.800 bits per heavy atom. The molecule has 0 atom stereocenters. The van der Waals surface area contributed by atoms with Gasteiger partial charge in [0.1, 0.15) is 11.0 Å². The summed E-state index contributed by atoms with van der Waals surface area (Å²) in [4.78, 5) is 0. The fourth-order valence-electron chi connectivity index (χ4n) is 5.25. The van der Waals surface area contributed by atoms with E-state index < -0.39 is 157 Å². The van der Waals surface area contributed by atoms with Crippen molar-refractivity contribution in [1.29, 1.82) is 0 Å². The number of hydrogen-bond donors (Lipinski definition) is 0. The van der Waals surface area contributed by atoms with Crippen molar-refractivity contribution in [3.63, 3.8) is 0 Å². The van der Waals surface area contributed by atoms with Crippen molar-refractivity contribution < 1.29 is 79.0 Å². The second-order valence-electron chi connectivity index (χ2n) is 9.99. The molecule has 0 amide bonds. The fraction of sp³-hybridized carbons (Fsp3) is 0. The summed E-state index contributed by atoms with van der Waals surface area (Å²) in [7, 11) is -3.65. The van der Waals surface area contributed by atoms with Crippen LogP contribution in [0.3, 0.4) is 0 Å². The molecule has 0 fully saturated rings. The van der Waals surface area contributed by atoms with Gasteiger partial charge < -0.3 is 9.19 Å². The van der Waals surface area contributed by atoms with Gasteiger partial charge in [0.05, 0.1) is 21.9 Å². The minimum Gasteiger partial charge on any atom is -0.421 e. The van der Waals surface area contributed by atoms with Crippen LogP contribution in [-0.4, -0.2) is 54.2 Å². The molecule has 6 rings (SSSR count). The number of aromatic nitrogens is 4. The Labute approximate surface area is 281 Å². The van der Waals surface area contributed by atoms with E-state index in [1.54, 1.807) is 0 Å². The number of rotatable bonds is 4. The summed E-state index contributed by atoms with van der Waals surface area (Å²) >= 11 is 0. The van der Waals surface area contributed by atoms with Crippen LogP contribution in [0.15, 0.2) is 0 Å². The summed E-state index contributed by atoms with van der Waals surface area (Å²) < 4.78 is 261. The predicted octanol–water partition coefficient (Wildman–Crippen LogP) is 7.24. The first-order valence-corrected chi connectivity index (χ1v) is 12.6. The zero-order chi connectivity index (χ0) is 36.3. The van der Waals surface area contributed by atoms with Gasteiger partial charge in [-0.2, -0.15) is 0 Å². The van der Waals surface area contributed by atoms with E-state index in [2.05, 4.69) is 10.2 Å². The van der Waals surface area contributed by atoms with E-state index in [9.17, 15) is 52.7 Å². The van der Waals surface area contributed by atoms with Crippen molar-refractivity contribution >= 4 is 56.7 Å². The minimum absolute atomic E-state index is 0. The molecule has 0 bridgehead atoms. The largest absolute Gasteiger partial charge is 1.00 e. The van der Waals surface area contributed by atoms with Crippen molar-refractivity contribution in [1.82, 2.24) is 19.4 Å². The Morgan fingerprint density at radius 1 is 0.300 bits per heavy atom. The SMILES string of the molecule is Fc1c(F)c(F)c(-c2c3c(F)c(F)c(F)c(F)c3nn2[BH2-]n2nc3c(F)c(F)c(F)c(F)c3c2-c2c(F)c(F)c(F)c(F)c2F)c(F)c1F.[Tl+]. The quantitative estimate of drug-likeness (QED) is 0.0811. The second-order valence-corrected chi connectivity index (χ2v) is 9.99. The van der Waals surface area contributed by atoms with E-state index in [1.165, 1.54) is 0 Å². The topological polar surface area (TPSA) is 35.6 Å². The Morgan fingerprint density at radius 2 is 0.520 bits per heavy atom. The van der Waals surface area contributed by atoms with Gasteiger partial charge in [-0.3, -0.25) is 0 Å². The Kier molecular flexibility index (Phi) is 9.13. The van der Waals surface area contributed by atoms with E-state index in [1.807, 2.05) is 0 Å². The summed E-state index contributed by atoms with van der Waals surface area (Å²) in [5, 5.41) is 2.59. The molecule has 0 spiro atoms. The van der Waals surface area contributed by atoms with Gasteiger partial charge in [0.25, 0.3) is 0 Å². The number of halogens is 18. The third-order valence-electron chi connectivity index (χ3n) is 7.38. The van der Waals surface area contributed by atoms with Crippen LogP contribution in [0.2, 0.25) is 0 Å². The smallest absolute Gasteiger partial charge is 0.421 e. The summed E-state index contributed by atoms with van der Waals surface area (Å²) in [6.07, 6.45) is 0. The molecule has 0 N–H and O–H groups in total. The normalized spacial score (nSPS) is 11.7. The van der Waals surface area contributed by atoms with Crippen molar-refractivity contribution in [3.05, 3.63) is 105 Å². The average molecular weight is 927 g/mol. The maximum Gasteiger partial charge on any atom is 1.00 e. The molecule has 0 unspecified atom stereocenters. The molecule has 0 radical (unpaired) electrons. The van der Waals surface area contributed by atoms with E-state index in [0.717, 1.165) is 0 Å². The third kappa shape index (κ3) is 4.85. The van der Waals surface area contributed by atoms with Crippen LogP contribution in [0.4, 0.5) is 79.0 Å². The van der Waals surface area contributed by atoms with E-state index in [4.69, 9.17) is 0 Å². The van der Waals surface area contributed by atoms with Gasteiger partial charge in [0.15, 0.2) is 101 Å². The Balaban J connectivity index is 0.00000486. The van der Waals surface area contributed by atoms with Crippen LogP contribution in [0.1, 0.15) is 0 Å². The maximum absolute atomic E-state index is 15.1. The molecule has 4 aromatic carbocycles. The maximum atomic E-state index is 15.1. The first kappa shape index (κ1) is 36.8. The van der Waals surface area contributed by atoms with Gasteiger partial charge in [-0.15, -0.1) is 0 Å². The van der Waals surface area contributed by atoms with Crippen LogP contribution in [0.25, 0.3) is 44.3 Å². The number of benzene rings is 4. The number of nitrogens with zero attached hydrogens (tertiary/aromatic N) is 4. The van der Waals surface area contributed by atoms with E-state index in [-0.39, 0.29) is 36.5 Å². The van der Waals surface area contributed by atoms with Crippen LogP contribution in [0.5, 0.6) is 0 Å². The number of hydrogen-bond acceptors (Lipinski definition) is 2. The predicted molar refractivity (Wildman–Crippen MR) is 135 cm³/mol. The molecule has 2 heterocycles. The molecule has 0 aliphatic carbocycles. The van der Waals surface area contributed by atoms with Crippen molar-refractivity contribution in [2.24, 2.45) is 0 Å². The molecule has 0 saturated heterocycles. The first-order chi connectivity index (χ1) is 22.8. The molecule has 0 saturated carbocycles. The molecule has 24 heteroatoms. The third-order valence-corrected chi connectivity index (χ3v) is 7.38. The van der Waals surface area contributed by atoms with E-state index >= 15 is 26.3 Å². The van der Waals surface area contributed by atoms with Gasteiger partial charge in [-0.05, 0) is 0 Å². The van der Waals surface area contributed by atoms with Gasteiger partial charge in [0.2, 0.25) is 11.6 Å². The minimum atomic E-state index is -3.65. The van der Waals surface area contributed by atoms with Gasteiger partial charge >= 0.3 is 27.3 Å². The standard InChI is InChI=1S/C26H2BF18N4.Tl/c28-5-1(6(29)12(35)17(40)11(5)34)25-3-9(32)15(38)19(42)21(44)23(3)46-48(25)27-49-26(2-7(30)13(36)18(41)14(37)8(2)31)4-10(33)16(39)20(43)22(45)24(4)47-49;/h27H2;/q-1;+1. The Bertz CT molecular complexity index is 2250. The summed E-state index contributed by atoms with van der Waals surface area (Å²) in [5.41, 5.74) is -11.9. The molecular formula is C26H2BF18N4Tl. The zero-order valence-corrected chi connectivity index (χ0v) is 27.7. The summed E-state index contributed by atoms with van der Waals surface area (Å²) in [6.45, 7) is 0. The van der Waals surface area contributed by atoms with Gasteiger partial charge in [-0.25, -0.2) is 89.2 Å². The monoisotopic (exact) mass is 928 g/mol. The molecule has 258 valence electrons. The molecule has 50 heavy (non-hydrogen) atoms. The average Bonchev–Trinajstić information content (AvgIpc) is 3.63. The molecular weight excluding hydrogens is 925 g/mol. The van der Waals surface area contributed by atoms with Crippen LogP contribution in [-0.2, 0) is 0 Å². The Hall–Kier alpha value is -4.45. The van der Waals surface area contributed by atoms with Crippen molar-refractivity contribution in [2.45, 2.75) is 0 Å². The molecule has 2 aromatic heterocycles. The summed E-state index contributed by atoms with van der Waals surface area (Å²) in [5.74, 6) is -49.3. The van der Waals surface area contributed by atoms with Crippen molar-refractivity contribution in [2.75, 3.05) is 0 Å². The van der Waals surface area contributed by atoms with Gasteiger partial charge in [-0.1, -0.05) is 0 Å². The molecule has 4 nitrogen and oxygen atoms in total. The second kappa shape index (κ2) is 12.4. The van der Waals surface area contributed by atoms with E-state index in [0.29, 0.717) is 0 Å². The molecule has 0 aliphatic heterocycles. The van der Waals surface area contributed by atoms with Crippen LogP contribution < -0.4 is 0 Å². The first-order valence-electron chi connectivity index (χ1n) is 12.6. The van der Waals surface area contributed by atoms with Gasteiger partial charge in [0, 0.05) is 11.4 Å². The summed E-state index contributed by atoms with van der Waals surface area (Å²) in [6, 6.07) is 0. The molecule has 0 aliphatic rings. The zero-order valence-electron chi connectivity index (χ0n) is 23.2. The van der Waals surface area contributed by atoms with Crippen LogP contribution >= 0.6 is 0 Å². The van der Waals surface area contributed by atoms with Crippen LogP contribution in [0, 0.1) is 105 Å².